The van der Waals surface area contributed by atoms with E-state index >= 15 is 0 Å². The van der Waals surface area contributed by atoms with E-state index in [1.165, 1.54) is 0 Å². The van der Waals surface area contributed by atoms with Gasteiger partial charge < -0.3 is 9.47 Å². The van der Waals surface area contributed by atoms with Gasteiger partial charge in [0.25, 0.3) is 0 Å². The fourth-order valence-electron chi connectivity index (χ4n) is 3.00. The highest BCUT2D eigenvalue weighted by molar-refractivity contribution is 9.10. The van der Waals surface area contributed by atoms with E-state index in [-0.39, 0.29) is 0 Å². The maximum absolute atomic E-state index is 6.07. The highest BCUT2D eigenvalue weighted by atomic mass is 79.9. The molecule has 2 aliphatic rings. The van der Waals surface area contributed by atoms with Crippen LogP contribution in [0.5, 0.6) is 23.0 Å². The molecule has 0 atom stereocenters. The van der Waals surface area contributed by atoms with E-state index in [0.717, 1.165) is 44.5 Å². The van der Waals surface area contributed by atoms with Crippen molar-refractivity contribution in [2.75, 3.05) is 4.90 Å². The minimum atomic E-state index is 0.803. The van der Waals surface area contributed by atoms with Crippen LogP contribution in [0.2, 0.25) is 0 Å². The fraction of sp³-hybridized carbons (Fsp3) is 0. The van der Waals surface area contributed by atoms with Crippen LogP contribution in [0, 0.1) is 0 Å². The van der Waals surface area contributed by atoms with Crippen molar-refractivity contribution in [3.8, 4) is 23.0 Å². The number of rotatable bonds is 0. The van der Waals surface area contributed by atoms with Crippen molar-refractivity contribution in [3.63, 3.8) is 0 Å². The van der Waals surface area contributed by atoms with E-state index in [1.54, 1.807) is 0 Å². The minimum absolute atomic E-state index is 0.803. The van der Waals surface area contributed by atoms with Crippen molar-refractivity contribution in [1.82, 2.24) is 0 Å². The smallest absolute Gasteiger partial charge is 0.155 e. The third kappa shape index (κ3) is 1.50. The second kappa shape index (κ2) is 4.27. The first kappa shape index (κ1) is 12.1. The van der Waals surface area contributed by atoms with Crippen molar-refractivity contribution in [3.05, 3.63) is 65.1 Å². The average Bonchev–Trinajstić information content (AvgIpc) is 2.55. The van der Waals surface area contributed by atoms with Crippen molar-refractivity contribution < 1.29 is 9.47 Å². The maximum atomic E-state index is 6.07. The molecular formula is C18H10BrNO2. The second-order valence-corrected chi connectivity index (χ2v) is 6.05. The molecule has 0 amide bonds. The van der Waals surface area contributed by atoms with Crippen LogP contribution in [0.15, 0.2) is 65.1 Å². The zero-order chi connectivity index (χ0) is 14.7. The van der Waals surface area contributed by atoms with Gasteiger partial charge in [-0.2, -0.15) is 0 Å². The maximum Gasteiger partial charge on any atom is 0.155 e. The van der Waals surface area contributed by atoms with Gasteiger partial charge in [-0.25, -0.2) is 0 Å². The summed E-state index contributed by atoms with van der Waals surface area (Å²) in [5.41, 5.74) is 2.96. The summed E-state index contributed by atoms with van der Waals surface area (Å²) in [5, 5.41) is 0. The minimum Gasteiger partial charge on any atom is -0.453 e. The molecule has 0 bridgehead atoms. The molecule has 0 unspecified atom stereocenters. The highest BCUT2D eigenvalue weighted by Gasteiger charge is 2.35. The molecule has 2 aliphatic heterocycles. The molecule has 3 aromatic rings. The Morgan fingerprint density at radius 1 is 0.636 bits per heavy atom. The molecule has 0 spiro atoms. The first-order chi connectivity index (χ1) is 10.8. The lowest BCUT2D eigenvalue weighted by Gasteiger charge is -2.38. The van der Waals surface area contributed by atoms with Gasteiger partial charge in [-0.3, -0.25) is 4.90 Å². The number of hydrogen-bond acceptors (Lipinski definition) is 3. The number of nitrogens with zero attached hydrogens (tertiary/aromatic N) is 1. The van der Waals surface area contributed by atoms with E-state index in [4.69, 9.17) is 9.47 Å². The molecule has 22 heavy (non-hydrogen) atoms. The number of benzene rings is 3. The third-order valence-electron chi connectivity index (χ3n) is 3.90. The van der Waals surface area contributed by atoms with Crippen LogP contribution in [-0.2, 0) is 0 Å². The van der Waals surface area contributed by atoms with Crippen molar-refractivity contribution in [1.29, 1.82) is 0 Å². The van der Waals surface area contributed by atoms with E-state index < -0.39 is 0 Å². The molecule has 5 rings (SSSR count). The lowest BCUT2D eigenvalue weighted by atomic mass is 10.1. The summed E-state index contributed by atoms with van der Waals surface area (Å²) in [7, 11) is 0. The first-order valence-electron chi connectivity index (χ1n) is 6.99. The summed E-state index contributed by atoms with van der Waals surface area (Å²) >= 11 is 3.65. The van der Waals surface area contributed by atoms with E-state index in [2.05, 4.69) is 26.9 Å². The lowest BCUT2D eigenvalue weighted by Crippen LogP contribution is -2.20. The predicted octanol–water partition coefficient (Wildman–Crippen LogP) is 6.13. The van der Waals surface area contributed by atoms with Crippen LogP contribution in [-0.4, -0.2) is 0 Å². The molecule has 106 valence electrons. The number of fused-ring (bicyclic) bond motifs is 4. The third-order valence-corrected chi connectivity index (χ3v) is 4.54. The van der Waals surface area contributed by atoms with Crippen LogP contribution in [0.1, 0.15) is 0 Å². The molecule has 0 saturated carbocycles. The molecule has 2 heterocycles. The van der Waals surface area contributed by atoms with Gasteiger partial charge in [0.2, 0.25) is 0 Å². The predicted molar refractivity (Wildman–Crippen MR) is 89.0 cm³/mol. The molecule has 3 aromatic carbocycles. The number of para-hydroxylation sites is 4. The fourth-order valence-corrected chi connectivity index (χ4v) is 3.53. The van der Waals surface area contributed by atoms with Crippen molar-refractivity contribution >= 4 is 33.0 Å². The zero-order valence-corrected chi connectivity index (χ0v) is 13.0. The summed E-state index contributed by atoms with van der Waals surface area (Å²) < 4.78 is 13.1. The lowest BCUT2D eigenvalue weighted by molar-refractivity contribution is 0.445. The summed E-state index contributed by atoms with van der Waals surface area (Å²) in [6, 6.07) is 19.9. The first-order valence-corrected chi connectivity index (χ1v) is 7.78. The van der Waals surface area contributed by atoms with Gasteiger partial charge in [0.15, 0.2) is 23.0 Å². The molecule has 0 radical (unpaired) electrons. The normalized spacial score (nSPS) is 13.4. The number of ether oxygens (including phenoxy) is 2. The topological polar surface area (TPSA) is 21.7 Å². The molecule has 0 aromatic heterocycles. The zero-order valence-electron chi connectivity index (χ0n) is 11.4. The molecule has 0 N–H and O–H groups in total. The van der Waals surface area contributed by atoms with Crippen LogP contribution >= 0.6 is 15.9 Å². The Balaban J connectivity index is 1.89. The Hall–Kier alpha value is -2.46. The molecule has 0 fully saturated rings. The largest absolute Gasteiger partial charge is 0.453 e. The highest BCUT2D eigenvalue weighted by Crippen LogP contribution is 2.60. The number of halogens is 1. The number of hydrogen-bond donors (Lipinski definition) is 0. The van der Waals surface area contributed by atoms with Gasteiger partial charge in [-0.15, -0.1) is 0 Å². The van der Waals surface area contributed by atoms with Crippen molar-refractivity contribution in [2.24, 2.45) is 0 Å². The van der Waals surface area contributed by atoms with Crippen LogP contribution in [0.3, 0.4) is 0 Å². The molecule has 4 heteroatoms. The van der Waals surface area contributed by atoms with Gasteiger partial charge in [-0.1, -0.05) is 24.3 Å². The van der Waals surface area contributed by atoms with E-state index in [9.17, 15) is 0 Å². The quantitative estimate of drug-likeness (QED) is 0.335. The Labute approximate surface area is 135 Å². The van der Waals surface area contributed by atoms with Crippen LogP contribution in [0.4, 0.5) is 17.1 Å². The van der Waals surface area contributed by atoms with Crippen molar-refractivity contribution in [2.45, 2.75) is 0 Å². The van der Waals surface area contributed by atoms with E-state index in [0.29, 0.717) is 0 Å². The SMILES string of the molecule is Brc1cccc2c1N1c3ccccc3Oc3cccc(c31)O2. The van der Waals surface area contributed by atoms with Crippen LogP contribution < -0.4 is 14.4 Å². The standard InChI is InChI=1S/C18H10BrNO2/c19-11-5-3-8-14-17(11)20-12-6-1-2-7-13(12)21-15-9-4-10-16(22-14)18(15)20/h1-10H. The Morgan fingerprint density at radius 3 is 2.05 bits per heavy atom. The second-order valence-electron chi connectivity index (χ2n) is 5.20. The summed E-state index contributed by atoms with van der Waals surface area (Å²) in [5.74, 6) is 3.28. The van der Waals surface area contributed by atoms with Gasteiger partial charge in [0, 0.05) is 4.47 Å². The molecular weight excluding hydrogens is 342 g/mol. The molecule has 3 nitrogen and oxygen atoms in total. The monoisotopic (exact) mass is 351 g/mol. The number of anilines is 3. The van der Waals surface area contributed by atoms with Gasteiger partial charge in [0.05, 0.1) is 5.69 Å². The molecule has 0 saturated heterocycles. The van der Waals surface area contributed by atoms with Gasteiger partial charge in [0.1, 0.15) is 11.4 Å². The van der Waals surface area contributed by atoms with Crippen LogP contribution in [0.25, 0.3) is 0 Å². The van der Waals surface area contributed by atoms with Gasteiger partial charge in [-0.05, 0) is 52.3 Å². The summed E-state index contributed by atoms with van der Waals surface area (Å²) in [4.78, 5) is 2.20. The molecule has 0 aliphatic carbocycles. The Morgan fingerprint density at radius 2 is 1.23 bits per heavy atom. The van der Waals surface area contributed by atoms with Gasteiger partial charge >= 0.3 is 0 Å². The Bertz CT molecular complexity index is 888. The Kier molecular flexibility index (Phi) is 2.35. The van der Waals surface area contributed by atoms with E-state index in [1.807, 2.05) is 54.6 Å². The summed E-state index contributed by atoms with van der Waals surface area (Å²) in [6.45, 7) is 0. The summed E-state index contributed by atoms with van der Waals surface area (Å²) in [6.07, 6.45) is 0. The average molecular weight is 352 g/mol.